The van der Waals surface area contributed by atoms with Gasteiger partial charge in [0, 0.05) is 29.8 Å². The van der Waals surface area contributed by atoms with Gasteiger partial charge < -0.3 is 9.09 Å². The van der Waals surface area contributed by atoms with Crippen molar-refractivity contribution in [1.82, 2.24) is 19.9 Å². The van der Waals surface area contributed by atoms with Crippen LogP contribution in [0.3, 0.4) is 0 Å². The molecule has 4 rings (SSSR count). The molecule has 1 saturated heterocycles. The van der Waals surface area contributed by atoms with Gasteiger partial charge in [-0.25, -0.2) is 8.42 Å². The number of hydrogen-bond acceptors (Lipinski definition) is 7. The van der Waals surface area contributed by atoms with Gasteiger partial charge in [-0.05, 0) is 6.42 Å². The van der Waals surface area contributed by atoms with Gasteiger partial charge in [0.1, 0.15) is 5.82 Å². The first-order valence-corrected chi connectivity index (χ1v) is 11.7. The summed E-state index contributed by atoms with van der Waals surface area (Å²) in [6.07, 6.45) is 2.36. The maximum absolute atomic E-state index is 11.8. The van der Waals surface area contributed by atoms with E-state index >= 15 is 0 Å². The fraction of sp³-hybridized carbons (Fsp3) is 0.316. The number of rotatable bonds is 7. The predicted molar refractivity (Wildman–Crippen MR) is 108 cm³/mol. The van der Waals surface area contributed by atoms with Crippen molar-refractivity contribution < 1.29 is 12.9 Å². The minimum atomic E-state index is -2.98. The van der Waals surface area contributed by atoms with E-state index in [1.165, 1.54) is 11.8 Å². The van der Waals surface area contributed by atoms with Crippen LogP contribution in [0.5, 0.6) is 0 Å². The minimum Gasteiger partial charge on any atom is -0.356 e. The minimum absolute atomic E-state index is 0.108. The molecule has 1 atom stereocenters. The van der Waals surface area contributed by atoms with Gasteiger partial charge in [0.2, 0.25) is 0 Å². The SMILES string of the molecule is C=CCn1c(SCc2cc(-c3ccccc3)on2)nnc1[C@H]1CCS(=O)(=O)C1. The van der Waals surface area contributed by atoms with Crippen LogP contribution in [0.1, 0.15) is 23.9 Å². The lowest BCUT2D eigenvalue weighted by molar-refractivity contribution is 0.426. The quantitative estimate of drug-likeness (QED) is 0.431. The van der Waals surface area contributed by atoms with E-state index in [0.717, 1.165) is 22.2 Å². The summed E-state index contributed by atoms with van der Waals surface area (Å²) >= 11 is 1.50. The second-order valence-corrected chi connectivity index (χ2v) is 9.85. The third-order valence-corrected chi connectivity index (χ3v) is 7.39. The molecule has 7 nitrogen and oxygen atoms in total. The standard InChI is InChI=1S/C19H20N4O3S2/c1-2-9-23-18(15-8-10-28(24,25)13-15)20-21-19(23)27-12-16-11-17(26-22-16)14-6-4-3-5-7-14/h2-7,11,15H,1,8-10,12-13H2/t15-/m0/s1. The van der Waals surface area contributed by atoms with Gasteiger partial charge in [-0.2, -0.15) is 0 Å². The van der Waals surface area contributed by atoms with E-state index in [2.05, 4.69) is 21.9 Å². The lowest BCUT2D eigenvalue weighted by atomic mass is 10.1. The van der Waals surface area contributed by atoms with E-state index in [4.69, 9.17) is 4.52 Å². The predicted octanol–water partition coefficient (Wildman–Crippen LogP) is 3.31. The normalized spacial score (nSPS) is 18.4. The summed E-state index contributed by atoms with van der Waals surface area (Å²) in [5.74, 6) is 2.26. The van der Waals surface area contributed by atoms with Crippen LogP contribution < -0.4 is 0 Å². The second-order valence-electron chi connectivity index (χ2n) is 6.68. The van der Waals surface area contributed by atoms with Gasteiger partial charge in [0.25, 0.3) is 0 Å². The Hall–Kier alpha value is -2.39. The molecular formula is C19H20N4O3S2. The van der Waals surface area contributed by atoms with Gasteiger partial charge in [0.15, 0.2) is 20.8 Å². The van der Waals surface area contributed by atoms with Gasteiger partial charge in [0.05, 0.1) is 17.2 Å². The fourth-order valence-electron chi connectivity index (χ4n) is 3.26. The Labute approximate surface area is 167 Å². The molecule has 1 fully saturated rings. The number of nitrogens with zero attached hydrogens (tertiary/aromatic N) is 4. The van der Waals surface area contributed by atoms with Crippen molar-refractivity contribution in [3.8, 4) is 11.3 Å². The first-order valence-electron chi connectivity index (χ1n) is 8.94. The molecule has 0 aliphatic carbocycles. The van der Waals surface area contributed by atoms with Crippen LogP contribution in [-0.2, 0) is 22.1 Å². The average molecular weight is 417 g/mol. The van der Waals surface area contributed by atoms with Gasteiger partial charge in [-0.3, -0.25) is 0 Å². The molecule has 3 heterocycles. The Morgan fingerprint density at radius 3 is 2.82 bits per heavy atom. The summed E-state index contributed by atoms with van der Waals surface area (Å²) in [6, 6.07) is 11.7. The molecule has 0 amide bonds. The Kier molecular flexibility index (Phi) is 5.36. The van der Waals surface area contributed by atoms with Gasteiger partial charge in [-0.15, -0.1) is 16.8 Å². The zero-order chi connectivity index (χ0) is 19.6. The first-order chi connectivity index (χ1) is 13.6. The maximum atomic E-state index is 11.8. The molecule has 1 aliphatic heterocycles. The van der Waals surface area contributed by atoms with Crippen LogP contribution >= 0.6 is 11.8 Å². The third kappa shape index (κ3) is 4.05. The monoisotopic (exact) mass is 416 g/mol. The number of allylic oxidation sites excluding steroid dienone is 1. The lowest BCUT2D eigenvalue weighted by Crippen LogP contribution is -2.11. The molecular weight excluding hydrogens is 396 g/mol. The van der Waals surface area contributed by atoms with Crippen LogP contribution in [0, 0.1) is 0 Å². The third-order valence-electron chi connectivity index (χ3n) is 4.62. The van der Waals surface area contributed by atoms with E-state index < -0.39 is 9.84 Å². The van der Waals surface area contributed by atoms with E-state index in [1.807, 2.05) is 41.0 Å². The average Bonchev–Trinajstić information content (AvgIpc) is 3.40. The summed E-state index contributed by atoms with van der Waals surface area (Å²) in [5, 5.41) is 13.4. The molecule has 9 heteroatoms. The maximum Gasteiger partial charge on any atom is 0.191 e. The summed E-state index contributed by atoms with van der Waals surface area (Å²) in [7, 11) is -2.98. The fourth-order valence-corrected chi connectivity index (χ4v) is 5.84. The molecule has 1 aliphatic rings. The number of benzene rings is 1. The zero-order valence-electron chi connectivity index (χ0n) is 15.2. The highest BCUT2D eigenvalue weighted by Gasteiger charge is 2.33. The molecule has 0 N–H and O–H groups in total. The number of thioether (sulfide) groups is 1. The molecule has 0 bridgehead atoms. The van der Waals surface area contributed by atoms with Crippen LogP contribution in [0.4, 0.5) is 0 Å². The van der Waals surface area contributed by atoms with Crippen molar-refractivity contribution in [3.63, 3.8) is 0 Å². The van der Waals surface area contributed by atoms with Gasteiger partial charge >= 0.3 is 0 Å². The second kappa shape index (κ2) is 7.92. The molecule has 0 spiro atoms. The molecule has 1 aromatic carbocycles. The Morgan fingerprint density at radius 1 is 1.29 bits per heavy atom. The Balaban J connectivity index is 1.49. The summed E-state index contributed by atoms with van der Waals surface area (Å²) in [5.41, 5.74) is 1.79. The summed E-state index contributed by atoms with van der Waals surface area (Å²) in [4.78, 5) is 0. The largest absolute Gasteiger partial charge is 0.356 e. The number of aromatic nitrogens is 4. The Morgan fingerprint density at radius 2 is 2.11 bits per heavy atom. The topological polar surface area (TPSA) is 90.9 Å². The summed E-state index contributed by atoms with van der Waals surface area (Å²) < 4.78 is 31.0. The van der Waals surface area contributed by atoms with Crippen molar-refractivity contribution in [2.45, 2.75) is 29.8 Å². The van der Waals surface area contributed by atoms with Crippen LogP contribution in [0.2, 0.25) is 0 Å². The Bertz CT molecular complexity index is 1070. The smallest absolute Gasteiger partial charge is 0.191 e. The lowest BCUT2D eigenvalue weighted by Gasteiger charge is -2.10. The van der Waals surface area contributed by atoms with E-state index in [1.54, 1.807) is 6.08 Å². The van der Waals surface area contributed by atoms with E-state index in [9.17, 15) is 8.42 Å². The highest BCUT2D eigenvalue weighted by Crippen LogP contribution is 2.31. The van der Waals surface area contributed by atoms with Crippen molar-refractivity contribution >= 4 is 21.6 Å². The highest BCUT2D eigenvalue weighted by molar-refractivity contribution is 7.98. The molecule has 2 aromatic heterocycles. The van der Waals surface area contributed by atoms with Crippen LogP contribution in [0.15, 0.2) is 58.7 Å². The van der Waals surface area contributed by atoms with Crippen molar-refractivity contribution in [2.75, 3.05) is 11.5 Å². The number of sulfone groups is 1. The zero-order valence-corrected chi connectivity index (χ0v) is 16.8. The molecule has 146 valence electrons. The van der Waals surface area contributed by atoms with Crippen LogP contribution in [0.25, 0.3) is 11.3 Å². The van der Waals surface area contributed by atoms with E-state index in [0.29, 0.717) is 24.5 Å². The molecule has 28 heavy (non-hydrogen) atoms. The first kappa shape index (κ1) is 18.9. The van der Waals surface area contributed by atoms with E-state index in [-0.39, 0.29) is 17.4 Å². The van der Waals surface area contributed by atoms with Crippen molar-refractivity contribution in [2.24, 2.45) is 0 Å². The van der Waals surface area contributed by atoms with Gasteiger partial charge in [-0.1, -0.05) is 53.3 Å². The van der Waals surface area contributed by atoms with Crippen molar-refractivity contribution in [3.05, 3.63) is 60.6 Å². The van der Waals surface area contributed by atoms with Crippen molar-refractivity contribution in [1.29, 1.82) is 0 Å². The van der Waals surface area contributed by atoms with Crippen LogP contribution in [-0.4, -0.2) is 39.8 Å². The molecule has 0 saturated carbocycles. The molecule has 0 unspecified atom stereocenters. The number of hydrogen-bond donors (Lipinski definition) is 0. The highest BCUT2D eigenvalue weighted by atomic mass is 32.2. The summed E-state index contributed by atoms with van der Waals surface area (Å²) in [6.45, 7) is 4.33. The molecule has 0 radical (unpaired) electrons. The molecule has 3 aromatic rings.